The van der Waals surface area contributed by atoms with Crippen molar-refractivity contribution in [2.24, 2.45) is 0 Å². The number of benzene rings is 1. The van der Waals surface area contributed by atoms with E-state index in [2.05, 4.69) is 32.0 Å². The zero-order chi connectivity index (χ0) is 12.3. The van der Waals surface area contributed by atoms with E-state index >= 15 is 0 Å². The summed E-state index contributed by atoms with van der Waals surface area (Å²) in [4.78, 5) is 7.10. The highest BCUT2D eigenvalue weighted by Gasteiger charge is 2.07. The fourth-order valence-corrected chi connectivity index (χ4v) is 2.23. The van der Waals surface area contributed by atoms with Crippen LogP contribution in [0.2, 0.25) is 0 Å². The predicted molar refractivity (Wildman–Crippen MR) is 71.1 cm³/mol. The topological polar surface area (TPSA) is 63.9 Å². The van der Waals surface area contributed by atoms with Gasteiger partial charge in [0.05, 0.1) is 12.8 Å². The van der Waals surface area contributed by atoms with Gasteiger partial charge in [-0.15, -0.1) is 0 Å². The molecule has 1 aromatic carbocycles. The maximum absolute atomic E-state index is 5.58. The van der Waals surface area contributed by atoms with Crippen LogP contribution in [0.1, 0.15) is 11.3 Å². The van der Waals surface area contributed by atoms with Gasteiger partial charge in [0.15, 0.2) is 5.95 Å². The van der Waals surface area contributed by atoms with Gasteiger partial charge in [-0.3, -0.25) is 0 Å². The predicted octanol–water partition coefficient (Wildman–Crippen LogP) is 2.55. The van der Waals surface area contributed by atoms with Crippen molar-refractivity contribution in [3.63, 3.8) is 0 Å². The molecule has 1 aromatic heterocycles. The highest BCUT2D eigenvalue weighted by atomic mass is 79.9. The van der Waals surface area contributed by atoms with Crippen molar-refractivity contribution < 1.29 is 4.74 Å². The summed E-state index contributed by atoms with van der Waals surface area (Å²) in [7, 11) is 1.68. The number of aryl methyl sites for hydroxylation is 2. The van der Waals surface area contributed by atoms with Crippen molar-refractivity contribution in [3.05, 3.63) is 40.1 Å². The lowest BCUT2D eigenvalue weighted by Gasteiger charge is -2.07. The highest BCUT2D eigenvalue weighted by molar-refractivity contribution is 9.10. The molecule has 0 saturated carbocycles. The summed E-state index contributed by atoms with van der Waals surface area (Å²) in [6.07, 6.45) is 1.72. The molecule has 17 heavy (non-hydrogen) atoms. The Labute approximate surface area is 108 Å². The van der Waals surface area contributed by atoms with E-state index in [1.54, 1.807) is 7.11 Å². The second-order valence-corrected chi connectivity index (χ2v) is 4.45. The monoisotopic (exact) mass is 295 g/mol. The van der Waals surface area contributed by atoms with Gasteiger partial charge in [-0.1, -0.05) is 18.2 Å². The number of hydrogen-bond donors (Lipinski definition) is 2. The zero-order valence-electron chi connectivity index (χ0n) is 9.53. The number of ether oxygens (including phenoxy) is 1. The molecule has 4 nitrogen and oxygen atoms in total. The average molecular weight is 296 g/mol. The maximum Gasteiger partial charge on any atom is 0.198 e. The molecule has 0 spiro atoms. The third-order valence-electron chi connectivity index (χ3n) is 2.58. The first-order chi connectivity index (χ1) is 8.20. The molecule has 1 heterocycles. The number of methoxy groups -OCH3 is 1. The van der Waals surface area contributed by atoms with Crippen molar-refractivity contribution >= 4 is 21.9 Å². The molecule has 0 bridgehead atoms. The molecule has 0 atom stereocenters. The summed E-state index contributed by atoms with van der Waals surface area (Å²) < 4.78 is 6.09. The second-order valence-electron chi connectivity index (χ2n) is 3.70. The van der Waals surface area contributed by atoms with E-state index in [1.165, 1.54) is 5.56 Å². The van der Waals surface area contributed by atoms with Gasteiger partial charge in [0.2, 0.25) is 0 Å². The van der Waals surface area contributed by atoms with Gasteiger partial charge in [-0.2, -0.15) is 0 Å². The highest BCUT2D eigenvalue weighted by Crippen LogP contribution is 2.21. The van der Waals surface area contributed by atoms with Gasteiger partial charge in [0.25, 0.3) is 0 Å². The molecular weight excluding hydrogens is 282 g/mol. The number of nitrogen functional groups attached to an aromatic ring is 1. The minimum atomic E-state index is 0.437. The Kier molecular flexibility index (Phi) is 3.68. The summed E-state index contributed by atoms with van der Waals surface area (Å²) >= 11 is 3.37. The number of nitrogens with two attached hydrogens (primary N) is 1. The number of rotatable bonds is 4. The van der Waals surface area contributed by atoms with E-state index in [1.807, 2.05) is 18.2 Å². The molecule has 5 heteroatoms. The van der Waals surface area contributed by atoms with Crippen LogP contribution in [-0.2, 0) is 12.8 Å². The van der Waals surface area contributed by atoms with Gasteiger partial charge in [-0.25, -0.2) is 4.98 Å². The number of halogens is 1. The molecule has 3 N–H and O–H groups in total. The zero-order valence-corrected chi connectivity index (χ0v) is 11.1. The lowest BCUT2D eigenvalue weighted by Crippen LogP contribution is -1.96. The molecular formula is C12H14BrN3O. The smallest absolute Gasteiger partial charge is 0.198 e. The van der Waals surface area contributed by atoms with E-state index in [-0.39, 0.29) is 0 Å². The molecule has 0 amide bonds. The van der Waals surface area contributed by atoms with Crippen LogP contribution in [0.4, 0.5) is 5.95 Å². The van der Waals surface area contributed by atoms with Crippen LogP contribution in [0.15, 0.2) is 28.9 Å². The van der Waals surface area contributed by atoms with Crippen LogP contribution in [0.5, 0.6) is 5.75 Å². The van der Waals surface area contributed by atoms with E-state index < -0.39 is 0 Å². The quantitative estimate of drug-likeness (QED) is 0.911. The lowest BCUT2D eigenvalue weighted by atomic mass is 10.1. The number of nitrogens with zero attached hydrogens (tertiary/aromatic N) is 1. The average Bonchev–Trinajstić information content (AvgIpc) is 2.65. The number of imidazole rings is 1. The first-order valence-electron chi connectivity index (χ1n) is 5.32. The van der Waals surface area contributed by atoms with Crippen LogP contribution in [0.25, 0.3) is 0 Å². The van der Waals surface area contributed by atoms with Crippen LogP contribution >= 0.6 is 15.9 Å². The van der Waals surface area contributed by atoms with Crippen LogP contribution in [0.3, 0.4) is 0 Å². The molecule has 2 aromatic rings. The van der Waals surface area contributed by atoms with Gasteiger partial charge >= 0.3 is 0 Å². The number of aromatic nitrogens is 2. The number of hydrogen-bond acceptors (Lipinski definition) is 3. The van der Waals surface area contributed by atoms with E-state index in [0.717, 1.165) is 28.9 Å². The van der Waals surface area contributed by atoms with Crippen molar-refractivity contribution in [1.29, 1.82) is 0 Å². The first-order valence-corrected chi connectivity index (χ1v) is 6.11. The standard InChI is InChI=1S/C12H14BrN3O/c1-17-10-5-3-2-4-8(10)6-7-9-11(13)16-12(14)15-9/h2-5H,6-7H2,1H3,(H3,14,15,16). The SMILES string of the molecule is COc1ccccc1CCc1[nH]c(N)nc1Br. The van der Waals surface area contributed by atoms with Crippen molar-refractivity contribution in [1.82, 2.24) is 9.97 Å². The van der Waals surface area contributed by atoms with E-state index in [9.17, 15) is 0 Å². The fourth-order valence-electron chi connectivity index (χ4n) is 1.74. The molecule has 0 aliphatic heterocycles. The summed E-state index contributed by atoms with van der Waals surface area (Å²) in [5, 5.41) is 0. The van der Waals surface area contributed by atoms with Crippen molar-refractivity contribution in [2.75, 3.05) is 12.8 Å². The Balaban J connectivity index is 2.09. The molecule has 0 fully saturated rings. The number of para-hydroxylation sites is 1. The van der Waals surface area contributed by atoms with Crippen LogP contribution in [-0.4, -0.2) is 17.1 Å². The molecule has 0 aliphatic rings. The van der Waals surface area contributed by atoms with Gasteiger partial charge in [0, 0.05) is 0 Å². The normalized spacial score (nSPS) is 10.5. The fraction of sp³-hybridized carbons (Fsp3) is 0.250. The molecule has 0 aliphatic carbocycles. The third-order valence-corrected chi connectivity index (χ3v) is 3.24. The maximum atomic E-state index is 5.58. The first kappa shape index (κ1) is 12.0. The Bertz CT molecular complexity index is 510. The van der Waals surface area contributed by atoms with Crippen molar-refractivity contribution in [3.8, 4) is 5.75 Å². The largest absolute Gasteiger partial charge is 0.496 e. The minimum absolute atomic E-state index is 0.437. The molecule has 0 saturated heterocycles. The summed E-state index contributed by atoms with van der Waals surface area (Å²) in [6.45, 7) is 0. The van der Waals surface area contributed by atoms with Gasteiger partial charge in [0.1, 0.15) is 10.4 Å². The second kappa shape index (κ2) is 5.23. The van der Waals surface area contributed by atoms with Crippen molar-refractivity contribution in [2.45, 2.75) is 12.8 Å². The van der Waals surface area contributed by atoms with Crippen LogP contribution < -0.4 is 10.5 Å². The number of aromatic amines is 1. The van der Waals surface area contributed by atoms with E-state index in [4.69, 9.17) is 10.5 Å². The molecule has 90 valence electrons. The molecule has 0 radical (unpaired) electrons. The Morgan fingerprint density at radius 2 is 2.12 bits per heavy atom. The summed E-state index contributed by atoms with van der Waals surface area (Å²) in [6, 6.07) is 8.00. The third kappa shape index (κ3) is 2.79. The molecule has 2 rings (SSSR count). The lowest BCUT2D eigenvalue weighted by molar-refractivity contribution is 0.409. The number of H-pyrrole nitrogens is 1. The van der Waals surface area contributed by atoms with Gasteiger partial charge < -0.3 is 15.5 Å². The Morgan fingerprint density at radius 3 is 2.76 bits per heavy atom. The summed E-state index contributed by atoms with van der Waals surface area (Å²) in [5.41, 5.74) is 7.77. The minimum Gasteiger partial charge on any atom is -0.496 e. The Morgan fingerprint density at radius 1 is 1.35 bits per heavy atom. The summed E-state index contributed by atoms with van der Waals surface area (Å²) in [5.74, 6) is 1.35. The number of anilines is 1. The van der Waals surface area contributed by atoms with E-state index in [0.29, 0.717) is 5.95 Å². The molecule has 0 unspecified atom stereocenters. The Hall–Kier alpha value is -1.49. The van der Waals surface area contributed by atoms with Gasteiger partial charge in [-0.05, 0) is 40.4 Å². The van der Waals surface area contributed by atoms with Crippen LogP contribution in [0, 0.1) is 0 Å². The number of nitrogens with one attached hydrogen (secondary N) is 1.